The number of halogens is 2. The Morgan fingerprint density at radius 1 is 1.18 bits per heavy atom. The summed E-state index contributed by atoms with van der Waals surface area (Å²) in [7, 11) is -3.69. The number of benzene rings is 2. The molecule has 0 aliphatic rings. The fourth-order valence-corrected chi connectivity index (χ4v) is 4.59. The average molecular weight is 555 g/mol. The zero-order chi connectivity index (χ0) is 27.2. The molecule has 2 aromatic carbocycles. The number of nitrogen functional groups attached to an aromatic ring is 1. The highest BCUT2D eigenvalue weighted by atomic mass is 35.5. The van der Waals surface area contributed by atoms with E-state index in [1.807, 2.05) is 6.92 Å². The van der Waals surface area contributed by atoms with Gasteiger partial charge in [0.15, 0.2) is 0 Å². The Morgan fingerprint density at radius 2 is 1.95 bits per heavy atom. The van der Waals surface area contributed by atoms with E-state index in [0.717, 1.165) is 17.9 Å². The van der Waals surface area contributed by atoms with Gasteiger partial charge in [0.05, 0.1) is 46.3 Å². The Hall–Kier alpha value is -4.42. The number of sulfonamides is 1. The van der Waals surface area contributed by atoms with Gasteiger partial charge in [-0.05, 0) is 42.8 Å². The first-order chi connectivity index (χ1) is 18.0. The largest absolute Gasteiger partial charge is 0.437 e. The van der Waals surface area contributed by atoms with Gasteiger partial charge in [-0.3, -0.25) is 9.52 Å². The third kappa shape index (κ3) is 4.91. The predicted octanol–water partition coefficient (Wildman–Crippen LogP) is 4.83. The molecule has 0 saturated heterocycles. The average Bonchev–Trinajstić information content (AvgIpc) is 3.43. The van der Waals surface area contributed by atoms with E-state index < -0.39 is 21.6 Å². The number of fused-ring (bicyclic) bond motifs is 1. The number of rotatable bonds is 7. The van der Waals surface area contributed by atoms with Crippen molar-refractivity contribution in [2.75, 3.05) is 16.7 Å². The van der Waals surface area contributed by atoms with Crippen LogP contribution in [-0.2, 0) is 10.0 Å². The molecule has 0 bridgehead atoms. The summed E-state index contributed by atoms with van der Waals surface area (Å²) in [5, 5.41) is 5.08. The molecule has 0 radical (unpaired) electrons. The van der Waals surface area contributed by atoms with Crippen molar-refractivity contribution in [2.24, 2.45) is 0 Å². The second kappa shape index (κ2) is 9.47. The number of anilines is 2. The second-order valence-corrected chi connectivity index (χ2v) is 10.7. The summed E-state index contributed by atoms with van der Waals surface area (Å²) in [6.45, 7) is 1.81. The Bertz CT molecular complexity index is 1830. The first kappa shape index (κ1) is 25.2. The minimum absolute atomic E-state index is 0.0731. The van der Waals surface area contributed by atoms with E-state index in [1.165, 1.54) is 29.2 Å². The quantitative estimate of drug-likeness (QED) is 0.244. The number of carbonyl (C=O) groups excluding carboxylic acids is 1. The first-order valence-corrected chi connectivity index (χ1v) is 13.3. The molecule has 5 aromatic rings. The topological polar surface area (TPSA) is 145 Å². The molecule has 0 amide bonds. The smallest absolute Gasteiger partial charge is 0.229 e. The fraction of sp³-hybridized carbons (Fsp3) is 0.0800. The molecule has 194 valence electrons. The standard InChI is InChI=1S/C25H20ClFN6O4S/c1-13-7-23(37-22-6-4-3-5-16(22)26)29-12-21(13)33-25(28)15(11-30-33)24(34)20-9-14-8-17(27)19(10-18(14)31-20)32-38(2,35)36/h3-12,31-32H,28H2,1-2H3. The number of hydrogen-bond acceptors (Lipinski definition) is 7. The maximum absolute atomic E-state index is 14.4. The highest BCUT2D eigenvalue weighted by Crippen LogP contribution is 2.30. The molecule has 0 fully saturated rings. The van der Waals surface area contributed by atoms with Crippen molar-refractivity contribution in [3.05, 3.63) is 88.6 Å². The Balaban J connectivity index is 1.43. The molecule has 0 aliphatic heterocycles. The van der Waals surface area contributed by atoms with Crippen molar-refractivity contribution in [3.8, 4) is 17.3 Å². The van der Waals surface area contributed by atoms with Gasteiger partial charge in [-0.1, -0.05) is 23.7 Å². The molecule has 0 saturated carbocycles. The summed E-state index contributed by atoms with van der Waals surface area (Å²) in [6, 6.07) is 12.6. The number of aryl methyl sites for hydroxylation is 1. The van der Waals surface area contributed by atoms with E-state index in [4.69, 9.17) is 22.1 Å². The lowest BCUT2D eigenvalue weighted by Gasteiger charge is -2.11. The Kier molecular flexibility index (Phi) is 6.29. The van der Waals surface area contributed by atoms with Gasteiger partial charge in [-0.2, -0.15) is 5.10 Å². The molecule has 0 aliphatic carbocycles. The van der Waals surface area contributed by atoms with E-state index >= 15 is 0 Å². The number of ether oxygens (including phenoxy) is 1. The number of aromatic amines is 1. The molecule has 0 spiro atoms. The molecule has 13 heteroatoms. The van der Waals surface area contributed by atoms with Crippen LogP contribution in [0.4, 0.5) is 15.9 Å². The van der Waals surface area contributed by atoms with Crippen LogP contribution in [0, 0.1) is 12.7 Å². The van der Waals surface area contributed by atoms with Gasteiger partial charge in [0.25, 0.3) is 0 Å². The lowest BCUT2D eigenvalue weighted by molar-refractivity contribution is 0.103. The second-order valence-electron chi connectivity index (χ2n) is 8.50. The maximum atomic E-state index is 14.4. The van der Waals surface area contributed by atoms with Crippen molar-refractivity contribution in [2.45, 2.75) is 6.92 Å². The maximum Gasteiger partial charge on any atom is 0.229 e. The van der Waals surface area contributed by atoms with Gasteiger partial charge in [0.1, 0.15) is 17.4 Å². The first-order valence-electron chi connectivity index (χ1n) is 11.1. The van der Waals surface area contributed by atoms with Crippen LogP contribution < -0.4 is 15.2 Å². The van der Waals surface area contributed by atoms with Gasteiger partial charge in [0, 0.05) is 17.0 Å². The van der Waals surface area contributed by atoms with Gasteiger partial charge >= 0.3 is 0 Å². The zero-order valence-electron chi connectivity index (χ0n) is 20.0. The molecular weight excluding hydrogens is 535 g/mol. The van der Waals surface area contributed by atoms with Crippen molar-refractivity contribution in [3.63, 3.8) is 0 Å². The summed E-state index contributed by atoms with van der Waals surface area (Å²) in [4.78, 5) is 20.4. The third-order valence-electron chi connectivity index (χ3n) is 5.64. The highest BCUT2D eigenvalue weighted by Gasteiger charge is 2.21. The zero-order valence-corrected chi connectivity index (χ0v) is 21.6. The summed E-state index contributed by atoms with van der Waals surface area (Å²) in [5.74, 6) is -0.413. The van der Waals surface area contributed by atoms with Crippen molar-refractivity contribution >= 4 is 49.8 Å². The van der Waals surface area contributed by atoms with Crippen LogP contribution in [0.25, 0.3) is 16.6 Å². The number of nitrogens with one attached hydrogen (secondary N) is 2. The predicted molar refractivity (Wildman–Crippen MR) is 142 cm³/mol. The van der Waals surface area contributed by atoms with Crippen molar-refractivity contribution in [1.29, 1.82) is 0 Å². The molecule has 5 rings (SSSR count). The lowest BCUT2D eigenvalue weighted by atomic mass is 10.1. The highest BCUT2D eigenvalue weighted by molar-refractivity contribution is 7.92. The Labute approximate surface area is 221 Å². The van der Waals surface area contributed by atoms with E-state index in [2.05, 4.69) is 19.8 Å². The van der Waals surface area contributed by atoms with Crippen LogP contribution in [0.15, 0.2) is 60.9 Å². The summed E-state index contributed by atoms with van der Waals surface area (Å²) in [5.41, 5.74) is 7.91. The molecule has 38 heavy (non-hydrogen) atoms. The van der Waals surface area contributed by atoms with E-state index in [9.17, 15) is 17.6 Å². The minimum Gasteiger partial charge on any atom is -0.437 e. The summed E-state index contributed by atoms with van der Waals surface area (Å²) < 4.78 is 46.6. The molecular formula is C25H20ClFN6O4S. The van der Waals surface area contributed by atoms with Gasteiger partial charge in [0.2, 0.25) is 21.7 Å². The number of para-hydroxylation sites is 1. The molecule has 3 aromatic heterocycles. The van der Waals surface area contributed by atoms with E-state index in [1.54, 1.807) is 30.3 Å². The monoisotopic (exact) mass is 554 g/mol. The molecule has 0 unspecified atom stereocenters. The Morgan fingerprint density at radius 3 is 2.66 bits per heavy atom. The number of nitrogens with zero attached hydrogens (tertiary/aromatic N) is 3. The number of H-pyrrole nitrogens is 1. The normalized spacial score (nSPS) is 11.6. The summed E-state index contributed by atoms with van der Waals surface area (Å²) in [6.07, 6.45) is 3.76. The van der Waals surface area contributed by atoms with Crippen LogP contribution in [0.3, 0.4) is 0 Å². The van der Waals surface area contributed by atoms with Gasteiger partial charge in [-0.15, -0.1) is 0 Å². The number of hydrogen-bond donors (Lipinski definition) is 3. The molecule has 10 nitrogen and oxygen atoms in total. The van der Waals surface area contributed by atoms with Gasteiger partial charge in [-0.25, -0.2) is 22.5 Å². The third-order valence-corrected chi connectivity index (χ3v) is 6.54. The number of pyridine rings is 1. The molecule has 3 heterocycles. The van der Waals surface area contributed by atoms with Crippen LogP contribution in [-0.4, -0.2) is 40.2 Å². The summed E-state index contributed by atoms with van der Waals surface area (Å²) >= 11 is 6.15. The number of ketones is 1. The van der Waals surface area contributed by atoms with Crippen LogP contribution in [0.2, 0.25) is 5.02 Å². The number of carbonyl (C=O) groups is 1. The van der Waals surface area contributed by atoms with Gasteiger partial charge < -0.3 is 15.5 Å². The van der Waals surface area contributed by atoms with Crippen molar-refractivity contribution < 1.29 is 22.3 Å². The SMILES string of the molecule is Cc1cc(Oc2ccccc2Cl)ncc1-n1ncc(C(=O)c2cc3cc(F)c(NS(C)(=O)=O)cc3[nH]2)c1N. The van der Waals surface area contributed by atoms with E-state index in [-0.39, 0.29) is 22.8 Å². The van der Waals surface area contributed by atoms with Crippen LogP contribution >= 0.6 is 11.6 Å². The minimum atomic E-state index is -3.69. The van der Waals surface area contributed by atoms with Crippen molar-refractivity contribution in [1.82, 2.24) is 19.7 Å². The van der Waals surface area contributed by atoms with Crippen LogP contribution in [0.1, 0.15) is 21.6 Å². The molecule has 0 atom stereocenters. The number of aromatic nitrogens is 4. The molecule has 4 N–H and O–H groups in total. The van der Waals surface area contributed by atoms with E-state index in [0.29, 0.717) is 33.2 Å². The lowest BCUT2D eigenvalue weighted by Crippen LogP contribution is -2.10. The van der Waals surface area contributed by atoms with Crippen LogP contribution in [0.5, 0.6) is 11.6 Å². The fourth-order valence-electron chi connectivity index (χ4n) is 3.86. The number of nitrogens with two attached hydrogens (primary N) is 1.